The lowest BCUT2D eigenvalue weighted by atomic mass is 9.83. The van der Waals surface area contributed by atoms with Crippen LogP contribution in [0.25, 0.3) is 11.1 Å². The van der Waals surface area contributed by atoms with Crippen LogP contribution in [-0.2, 0) is 11.2 Å². The minimum absolute atomic E-state index is 0.113. The molecule has 3 atom stereocenters. The average molecular weight is 363 g/mol. The van der Waals surface area contributed by atoms with E-state index in [1.54, 1.807) is 6.07 Å². The van der Waals surface area contributed by atoms with Crippen LogP contribution in [0.15, 0.2) is 48.5 Å². The maximum Gasteiger partial charge on any atom is 0.311 e. The molecule has 25 heavy (non-hydrogen) atoms. The number of carboxylic acid groups (broad SMARTS) is 1. The van der Waals surface area contributed by atoms with Crippen LogP contribution in [-0.4, -0.2) is 28.8 Å². The van der Waals surface area contributed by atoms with Crippen molar-refractivity contribution in [2.75, 3.05) is 6.61 Å². The first-order valence-electron chi connectivity index (χ1n) is 8.03. The van der Waals surface area contributed by atoms with Crippen molar-refractivity contribution in [1.29, 1.82) is 0 Å². The smallest absolute Gasteiger partial charge is 0.311 e. The molecule has 2 rings (SSSR count). The third kappa shape index (κ3) is 5.08. The summed E-state index contributed by atoms with van der Waals surface area (Å²) in [5, 5.41) is 21.7. The zero-order valence-electron chi connectivity index (χ0n) is 14.1. The van der Waals surface area contributed by atoms with Crippen molar-refractivity contribution in [1.82, 2.24) is 5.09 Å². The number of hydrogen-bond acceptors (Lipinski definition) is 3. The highest BCUT2D eigenvalue weighted by Crippen LogP contribution is 2.26. The Labute approximate surface area is 149 Å². The van der Waals surface area contributed by atoms with Gasteiger partial charge in [-0.2, -0.15) is 0 Å². The van der Waals surface area contributed by atoms with Crippen molar-refractivity contribution in [2.24, 2.45) is 5.41 Å². The van der Waals surface area contributed by atoms with Crippen molar-refractivity contribution < 1.29 is 19.4 Å². The normalized spacial score (nSPS) is 14.7. The van der Waals surface area contributed by atoms with Gasteiger partial charge >= 0.3 is 5.97 Å². The molecule has 3 N–H and O–H groups in total. The van der Waals surface area contributed by atoms with Crippen LogP contribution in [0.3, 0.4) is 0 Å². The van der Waals surface area contributed by atoms with Crippen LogP contribution >= 0.6 is 9.39 Å². The largest absolute Gasteiger partial charge is 0.481 e. The number of aliphatic hydroxyl groups is 1. The van der Waals surface area contributed by atoms with Gasteiger partial charge < -0.3 is 10.2 Å². The summed E-state index contributed by atoms with van der Waals surface area (Å²) in [6.07, 6.45) is 0.920. The Hall–Kier alpha value is -1.81. The fourth-order valence-corrected chi connectivity index (χ4v) is 2.97. The summed E-state index contributed by atoms with van der Waals surface area (Å²) in [6, 6.07) is 14.1. The molecule has 0 aliphatic carbocycles. The van der Waals surface area contributed by atoms with Gasteiger partial charge in [0, 0.05) is 6.04 Å². The number of hydrogen-bond donors (Lipinski definition) is 3. The third-order valence-corrected chi connectivity index (χ3v) is 4.86. The Morgan fingerprint density at radius 1 is 1.24 bits per heavy atom. The molecule has 0 saturated carbocycles. The summed E-state index contributed by atoms with van der Waals surface area (Å²) in [5.41, 5.74) is 1.58. The number of carbonyl (C=O) groups is 1. The van der Waals surface area contributed by atoms with Gasteiger partial charge in [0.15, 0.2) is 0 Å². The molecule has 0 bridgehead atoms. The molecule has 6 heteroatoms. The van der Waals surface area contributed by atoms with E-state index in [1.807, 2.05) is 30.3 Å². The molecule has 0 aromatic heterocycles. The van der Waals surface area contributed by atoms with Crippen molar-refractivity contribution >= 4 is 15.4 Å². The fourth-order valence-electron chi connectivity index (χ4n) is 2.74. The van der Waals surface area contributed by atoms with E-state index in [-0.39, 0.29) is 11.9 Å². The van der Waals surface area contributed by atoms with Gasteiger partial charge in [-0.3, -0.25) is 9.88 Å². The molecule has 0 spiro atoms. The SMILES string of the molecule is CC(CO)(C[C@@H](Cc1ccc(-c2cccc(F)c2)cc1)NP)C(=O)O. The van der Waals surface area contributed by atoms with Gasteiger partial charge in [0.1, 0.15) is 5.82 Å². The summed E-state index contributed by atoms with van der Waals surface area (Å²) in [4.78, 5) is 11.4. The van der Waals surface area contributed by atoms with E-state index in [0.717, 1.165) is 16.7 Å². The van der Waals surface area contributed by atoms with Gasteiger partial charge in [0.25, 0.3) is 0 Å². The van der Waals surface area contributed by atoms with Gasteiger partial charge in [0.05, 0.1) is 12.0 Å². The van der Waals surface area contributed by atoms with Crippen LogP contribution in [0, 0.1) is 11.2 Å². The lowest BCUT2D eigenvalue weighted by molar-refractivity contribution is -0.151. The molecule has 2 aromatic carbocycles. The molecule has 0 saturated heterocycles. The Kier molecular flexibility index (Phi) is 6.65. The number of aliphatic hydroxyl groups excluding tert-OH is 1. The summed E-state index contributed by atoms with van der Waals surface area (Å²) in [7, 11) is 2.41. The molecule has 2 aromatic rings. The number of benzene rings is 2. The number of rotatable bonds is 8. The zero-order valence-corrected chi connectivity index (χ0v) is 15.2. The van der Waals surface area contributed by atoms with E-state index < -0.39 is 18.0 Å². The molecule has 0 fully saturated rings. The molecule has 4 nitrogen and oxygen atoms in total. The van der Waals surface area contributed by atoms with E-state index in [9.17, 15) is 19.4 Å². The van der Waals surface area contributed by atoms with Crippen molar-refractivity contribution in [3.63, 3.8) is 0 Å². The predicted molar refractivity (Wildman–Crippen MR) is 99.6 cm³/mol. The van der Waals surface area contributed by atoms with Gasteiger partial charge in [-0.1, -0.05) is 45.8 Å². The van der Waals surface area contributed by atoms with Crippen molar-refractivity contribution in [3.05, 3.63) is 59.9 Å². The van der Waals surface area contributed by atoms with Gasteiger partial charge in [-0.05, 0) is 48.6 Å². The second-order valence-electron chi connectivity index (χ2n) is 6.50. The highest BCUT2D eigenvalue weighted by atomic mass is 31.0. The average Bonchev–Trinajstić information content (AvgIpc) is 2.61. The molecule has 2 unspecified atom stereocenters. The summed E-state index contributed by atoms with van der Waals surface area (Å²) in [6.45, 7) is 1.13. The number of halogens is 1. The molecule has 0 amide bonds. The minimum atomic E-state index is -1.18. The van der Waals surface area contributed by atoms with Gasteiger partial charge in [-0.25, -0.2) is 4.39 Å². The predicted octanol–water partition coefficient (Wildman–Crippen LogP) is 3.26. The maximum atomic E-state index is 13.3. The van der Waals surface area contributed by atoms with Crippen LogP contribution in [0.2, 0.25) is 0 Å². The Bertz CT molecular complexity index is 723. The molecular formula is C19H23FNO3P. The maximum absolute atomic E-state index is 13.3. The van der Waals surface area contributed by atoms with Crippen LogP contribution in [0.4, 0.5) is 4.39 Å². The van der Waals surface area contributed by atoms with Gasteiger partial charge in [0.2, 0.25) is 0 Å². The second kappa shape index (κ2) is 8.52. The molecule has 0 heterocycles. The number of nitrogens with one attached hydrogen (secondary N) is 1. The lowest BCUT2D eigenvalue weighted by Gasteiger charge is -2.27. The third-order valence-electron chi connectivity index (χ3n) is 4.39. The summed E-state index contributed by atoms with van der Waals surface area (Å²) in [5.74, 6) is -1.28. The molecule has 0 aliphatic rings. The first kappa shape index (κ1) is 19.5. The quantitative estimate of drug-likeness (QED) is 0.630. The minimum Gasteiger partial charge on any atom is -0.481 e. The van der Waals surface area contributed by atoms with Crippen LogP contribution in [0.5, 0.6) is 0 Å². The first-order chi connectivity index (χ1) is 11.9. The number of aliphatic carboxylic acids is 1. The monoisotopic (exact) mass is 363 g/mol. The number of carboxylic acids is 1. The topological polar surface area (TPSA) is 69.6 Å². The van der Waals surface area contributed by atoms with Crippen LogP contribution in [0.1, 0.15) is 18.9 Å². The van der Waals surface area contributed by atoms with Crippen LogP contribution < -0.4 is 5.09 Å². The Morgan fingerprint density at radius 2 is 1.92 bits per heavy atom. The molecule has 134 valence electrons. The zero-order chi connectivity index (χ0) is 18.4. The second-order valence-corrected chi connectivity index (χ2v) is 6.84. The lowest BCUT2D eigenvalue weighted by Crippen LogP contribution is -2.39. The highest BCUT2D eigenvalue weighted by molar-refractivity contribution is 7.13. The molecular weight excluding hydrogens is 340 g/mol. The van der Waals surface area contributed by atoms with Gasteiger partial charge in [-0.15, -0.1) is 0 Å². The van der Waals surface area contributed by atoms with E-state index in [0.29, 0.717) is 12.8 Å². The van der Waals surface area contributed by atoms with E-state index in [1.165, 1.54) is 19.1 Å². The fraction of sp³-hybridized carbons (Fsp3) is 0.316. The van der Waals surface area contributed by atoms with Crippen molar-refractivity contribution in [2.45, 2.75) is 25.8 Å². The summed E-state index contributed by atoms with van der Waals surface area (Å²) >= 11 is 0. The van der Waals surface area contributed by atoms with E-state index >= 15 is 0 Å². The Morgan fingerprint density at radius 3 is 2.44 bits per heavy atom. The molecule has 0 aliphatic heterocycles. The van der Waals surface area contributed by atoms with E-state index in [4.69, 9.17) is 0 Å². The summed E-state index contributed by atoms with van der Waals surface area (Å²) < 4.78 is 13.3. The molecule has 0 radical (unpaired) electrons. The Balaban J connectivity index is 2.10. The standard InChI is InChI=1S/C19H23FNO3P/c1-19(12-22,18(23)24)11-17(21-25)9-13-5-7-14(8-6-13)15-3-2-4-16(20)10-15/h2-8,10,17,21-22H,9,11-12,25H2,1H3,(H,23,24)/t17-,19?/m1/s1. The van der Waals surface area contributed by atoms with Crippen molar-refractivity contribution in [3.8, 4) is 11.1 Å². The first-order valence-corrected chi connectivity index (χ1v) is 8.61. The highest BCUT2D eigenvalue weighted by Gasteiger charge is 2.34. The van der Waals surface area contributed by atoms with E-state index in [2.05, 4.69) is 14.5 Å².